The highest BCUT2D eigenvalue weighted by atomic mass is 19.4. The molecule has 7 heteroatoms. The molecule has 1 heterocycles. The first-order chi connectivity index (χ1) is 11.3. The van der Waals surface area contributed by atoms with Crippen LogP contribution in [-0.4, -0.2) is 16.6 Å². The minimum absolute atomic E-state index is 0.156. The Bertz CT molecular complexity index is 977. The summed E-state index contributed by atoms with van der Waals surface area (Å²) >= 11 is 0. The fraction of sp³-hybridized carbons (Fsp3) is 0.176. The summed E-state index contributed by atoms with van der Waals surface area (Å²) in [5, 5.41) is 3.19. The van der Waals surface area contributed by atoms with Crippen LogP contribution in [0.4, 0.5) is 19.0 Å². The minimum atomic E-state index is -4.50. The zero-order valence-electron chi connectivity index (χ0n) is 13.0. The van der Waals surface area contributed by atoms with E-state index in [1.165, 1.54) is 10.6 Å². The van der Waals surface area contributed by atoms with Crippen molar-refractivity contribution >= 4 is 16.7 Å². The lowest BCUT2D eigenvalue weighted by atomic mass is 10.1. The molecule has 3 rings (SSSR count). The summed E-state index contributed by atoms with van der Waals surface area (Å²) in [4.78, 5) is 16.4. The number of halogens is 3. The van der Waals surface area contributed by atoms with Gasteiger partial charge in [-0.3, -0.25) is 4.57 Å². The Hall–Kier alpha value is -2.83. The molecule has 24 heavy (non-hydrogen) atoms. The molecule has 0 saturated heterocycles. The predicted octanol–water partition coefficient (Wildman–Crippen LogP) is 3.75. The van der Waals surface area contributed by atoms with Crippen molar-refractivity contribution in [1.82, 2.24) is 9.55 Å². The van der Waals surface area contributed by atoms with Crippen LogP contribution in [0, 0.1) is 6.92 Å². The van der Waals surface area contributed by atoms with Crippen LogP contribution in [0.3, 0.4) is 0 Å². The van der Waals surface area contributed by atoms with Gasteiger partial charge in [0.05, 0.1) is 16.8 Å². The van der Waals surface area contributed by atoms with Crippen molar-refractivity contribution in [2.24, 2.45) is 0 Å². The lowest BCUT2D eigenvalue weighted by Crippen LogP contribution is -2.24. The van der Waals surface area contributed by atoms with Crippen LogP contribution in [0.2, 0.25) is 0 Å². The van der Waals surface area contributed by atoms with Crippen LogP contribution in [0.25, 0.3) is 16.6 Å². The van der Waals surface area contributed by atoms with E-state index in [0.717, 1.165) is 17.7 Å². The summed E-state index contributed by atoms with van der Waals surface area (Å²) in [6.07, 6.45) is -4.50. The van der Waals surface area contributed by atoms with E-state index >= 15 is 0 Å². The number of nitrogens with one attached hydrogen (secondary N) is 1. The van der Waals surface area contributed by atoms with Crippen molar-refractivity contribution in [2.75, 3.05) is 12.4 Å². The summed E-state index contributed by atoms with van der Waals surface area (Å²) in [7, 11) is 1.57. The number of rotatable bonds is 2. The van der Waals surface area contributed by atoms with Crippen molar-refractivity contribution in [3.63, 3.8) is 0 Å². The first-order valence-electron chi connectivity index (χ1n) is 7.20. The summed E-state index contributed by atoms with van der Waals surface area (Å²) in [5.74, 6) is 0.244. The molecule has 0 aliphatic carbocycles. The minimum Gasteiger partial charge on any atom is -0.372 e. The van der Waals surface area contributed by atoms with Crippen molar-refractivity contribution in [3.8, 4) is 5.69 Å². The number of fused-ring (bicyclic) bond motifs is 1. The molecule has 1 N–H and O–H groups in total. The number of alkyl halides is 3. The number of hydrogen-bond acceptors (Lipinski definition) is 3. The molecule has 1 aromatic heterocycles. The average molecular weight is 333 g/mol. The van der Waals surface area contributed by atoms with Gasteiger partial charge in [-0.05, 0) is 36.8 Å². The molecule has 0 unspecified atom stereocenters. The average Bonchev–Trinajstić information content (AvgIpc) is 2.54. The van der Waals surface area contributed by atoms with Gasteiger partial charge in [-0.2, -0.15) is 18.2 Å². The SMILES string of the molecule is CNc1nc(=O)n(-c2ccccc2C)c2cc(C(F)(F)F)ccc12. The van der Waals surface area contributed by atoms with Gasteiger partial charge in [0.25, 0.3) is 0 Å². The van der Waals surface area contributed by atoms with E-state index in [4.69, 9.17) is 0 Å². The molecule has 0 bridgehead atoms. The molecule has 3 aromatic rings. The van der Waals surface area contributed by atoms with Crippen LogP contribution in [0.5, 0.6) is 0 Å². The van der Waals surface area contributed by atoms with Crippen molar-refractivity contribution in [1.29, 1.82) is 0 Å². The first-order valence-corrected chi connectivity index (χ1v) is 7.20. The fourth-order valence-corrected chi connectivity index (χ4v) is 2.64. The van der Waals surface area contributed by atoms with Gasteiger partial charge in [0.2, 0.25) is 0 Å². The van der Waals surface area contributed by atoms with E-state index in [0.29, 0.717) is 11.1 Å². The molecule has 0 fully saturated rings. The van der Waals surface area contributed by atoms with Gasteiger partial charge in [0, 0.05) is 12.4 Å². The van der Waals surface area contributed by atoms with Gasteiger partial charge in [0.15, 0.2) is 0 Å². The molecule has 0 amide bonds. The number of benzene rings is 2. The van der Waals surface area contributed by atoms with Gasteiger partial charge in [-0.15, -0.1) is 0 Å². The highest BCUT2D eigenvalue weighted by Crippen LogP contribution is 2.33. The molecule has 4 nitrogen and oxygen atoms in total. The summed E-state index contributed by atoms with van der Waals surface area (Å²) < 4.78 is 40.5. The predicted molar refractivity (Wildman–Crippen MR) is 86.6 cm³/mol. The van der Waals surface area contributed by atoms with E-state index in [-0.39, 0.29) is 11.3 Å². The van der Waals surface area contributed by atoms with Crippen LogP contribution in [-0.2, 0) is 6.18 Å². The molecule has 0 atom stereocenters. The Labute approximate surface area is 135 Å². The number of aromatic nitrogens is 2. The lowest BCUT2D eigenvalue weighted by Gasteiger charge is -2.16. The number of para-hydroxylation sites is 1. The van der Waals surface area contributed by atoms with Crippen molar-refractivity contribution in [2.45, 2.75) is 13.1 Å². The van der Waals surface area contributed by atoms with E-state index in [1.807, 2.05) is 0 Å². The number of aryl methyl sites for hydroxylation is 1. The molecule has 0 spiro atoms. The third-order valence-corrected chi connectivity index (χ3v) is 3.81. The van der Waals surface area contributed by atoms with Crippen molar-refractivity contribution in [3.05, 3.63) is 64.1 Å². The molecular formula is C17H14F3N3O. The van der Waals surface area contributed by atoms with Crippen molar-refractivity contribution < 1.29 is 13.2 Å². The van der Waals surface area contributed by atoms with Gasteiger partial charge in [-0.25, -0.2) is 4.79 Å². The standard InChI is InChI=1S/C17H14F3N3O/c1-10-5-3-4-6-13(10)23-14-9-11(17(18,19)20)7-8-12(14)15(21-2)22-16(23)24/h3-9H,1-2H3,(H,21,22,24). The number of nitrogens with zero attached hydrogens (tertiary/aromatic N) is 2. The maximum atomic E-state index is 13.1. The molecule has 0 saturated carbocycles. The lowest BCUT2D eigenvalue weighted by molar-refractivity contribution is -0.137. The van der Waals surface area contributed by atoms with E-state index in [2.05, 4.69) is 10.3 Å². The Balaban J connectivity index is 2.46. The number of anilines is 1. The smallest absolute Gasteiger partial charge is 0.372 e. The molecular weight excluding hydrogens is 319 g/mol. The summed E-state index contributed by atoms with van der Waals surface area (Å²) in [6, 6.07) is 10.3. The normalized spacial score (nSPS) is 11.7. The zero-order valence-corrected chi connectivity index (χ0v) is 13.0. The molecule has 0 radical (unpaired) electrons. The second kappa shape index (κ2) is 5.67. The fourth-order valence-electron chi connectivity index (χ4n) is 2.64. The second-order valence-electron chi connectivity index (χ2n) is 5.34. The Kier molecular flexibility index (Phi) is 3.79. The van der Waals surface area contributed by atoms with Gasteiger partial charge >= 0.3 is 11.9 Å². The van der Waals surface area contributed by atoms with Crippen LogP contribution < -0.4 is 11.0 Å². The highest BCUT2D eigenvalue weighted by Gasteiger charge is 2.31. The van der Waals surface area contributed by atoms with Gasteiger partial charge in [-0.1, -0.05) is 18.2 Å². The van der Waals surface area contributed by atoms with Crippen LogP contribution in [0.1, 0.15) is 11.1 Å². The van der Waals surface area contributed by atoms with Gasteiger partial charge < -0.3 is 5.32 Å². The molecule has 2 aromatic carbocycles. The maximum absolute atomic E-state index is 13.1. The zero-order chi connectivity index (χ0) is 17.5. The second-order valence-corrected chi connectivity index (χ2v) is 5.34. The number of hydrogen-bond donors (Lipinski definition) is 1. The van der Waals surface area contributed by atoms with E-state index in [9.17, 15) is 18.0 Å². The van der Waals surface area contributed by atoms with E-state index < -0.39 is 17.4 Å². The Morgan fingerprint density at radius 2 is 1.83 bits per heavy atom. The molecule has 0 aliphatic heterocycles. The topological polar surface area (TPSA) is 46.9 Å². The monoisotopic (exact) mass is 333 g/mol. The first kappa shape index (κ1) is 16.0. The summed E-state index contributed by atoms with van der Waals surface area (Å²) in [6.45, 7) is 1.78. The third kappa shape index (κ3) is 2.62. The van der Waals surface area contributed by atoms with Crippen LogP contribution in [0.15, 0.2) is 47.3 Å². The molecule has 124 valence electrons. The molecule has 0 aliphatic rings. The Morgan fingerprint density at radius 3 is 2.46 bits per heavy atom. The van der Waals surface area contributed by atoms with Gasteiger partial charge in [0.1, 0.15) is 5.82 Å². The largest absolute Gasteiger partial charge is 0.416 e. The van der Waals surface area contributed by atoms with Crippen LogP contribution >= 0.6 is 0 Å². The highest BCUT2D eigenvalue weighted by molar-refractivity contribution is 5.90. The maximum Gasteiger partial charge on any atom is 0.416 e. The quantitative estimate of drug-likeness (QED) is 0.777. The third-order valence-electron chi connectivity index (χ3n) is 3.81. The summed E-state index contributed by atoms with van der Waals surface area (Å²) in [5.41, 5.74) is -0.0340. The van der Waals surface area contributed by atoms with E-state index in [1.54, 1.807) is 38.2 Å². The Morgan fingerprint density at radius 1 is 1.12 bits per heavy atom.